The van der Waals surface area contributed by atoms with Gasteiger partial charge in [0.1, 0.15) is 11.5 Å². The van der Waals surface area contributed by atoms with Crippen LogP contribution in [-0.4, -0.2) is 42.3 Å². The summed E-state index contributed by atoms with van der Waals surface area (Å²) in [5, 5.41) is 0. The highest BCUT2D eigenvalue weighted by Gasteiger charge is 2.33. The summed E-state index contributed by atoms with van der Waals surface area (Å²) in [6.07, 6.45) is -2.82. The first-order valence-electron chi connectivity index (χ1n) is 10.3. The lowest BCUT2D eigenvalue weighted by molar-refractivity contribution is -0.138. The van der Waals surface area contributed by atoms with Crippen LogP contribution in [0.15, 0.2) is 35.0 Å². The molecular weight excluding hydrogens is 437 g/mol. The smallest absolute Gasteiger partial charge is 0.383 e. The van der Waals surface area contributed by atoms with E-state index >= 15 is 0 Å². The zero-order chi connectivity index (χ0) is 23.8. The maximum absolute atomic E-state index is 13.4. The molecule has 3 heterocycles. The van der Waals surface area contributed by atoms with E-state index in [9.17, 15) is 18.0 Å². The van der Waals surface area contributed by atoms with E-state index < -0.39 is 23.7 Å². The van der Waals surface area contributed by atoms with Gasteiger partial charge < -0.3 is 20.1 Å². The van der Waals surface area contributed by atoms with E-state index in [2.05, 4.69) is 16.7 Å². The van der Waals surface area contributed by atoms with Crippen molar-refractivity contribution in [3.05, 3.63) is 63.5 Å². The van der Waals surface area contributed by atoms with Crippen molar-refractivity contribution in [2.24, 2.45) is 4.99 Å². The first-order valence-corrected chi connectivity index (χ1v) is 10.3. The maximum atomic E-state index is 13.4. The standard InChI is InChI=1S/C23H23F3N4O3/c1-13-16(17-10-33-11-18(17)21(27)29-13)9-19(28-2)22(31)30-7-8-32-12-20(30)14-3-5-15(6-4-14)23(24,25)26/h3-6,9,20H,2,7-8,10-12H2,1H3,(H2,27,29)/b19-9-/t20-/m1/s1. The number of morpholine rings is 1. The molecule has 1 aromatic heterocycles. The molecule has 0 aliphatic carbocycles. The second-order valence-electron chi connectivity index (χ2n) is 7.84. The quantitative estimate of drug-likeness (QED) is 0.556. The van der Waals surface area contributed by atoms with Crippen molar-refractivity contribution >= 4 is 24.5 Å². The summed E-state index contributed by atoms with van der Waals surface area (Å²) >= 11 is 0. The molecule has 2 N–H and O–H groups in total. The van der Waals surface area contributed by atoms with E-state index in [1.165, 1.54) is 12.1 Å². The number of carbonyl (C=O) groups is 1. The van der Waals surface area contributed by atoms with Crippen LogP contribution in [0, 0.1) is 6.92 Å². The van der Waals surface area contributed by atoms with E-state index in [1.807, 2.05) is 0 Å². The molecule has 10 heteroatoms. The second kappa shape index (κ2) is 8.95. The van der Waals surface area contributed by atoms with E-state index in [0.29, 0.717) is 42.5 Å². The molecule has 4 rings (SSSR count). The molecule has 1 fully saturated rings. The van der Waals surface area contributed by atoms with Crippen LogP contribution in [0.4, 0.5) is 19.0 Å². The molecule has 2 aromatic rings. The van der Waals surface area contributed by atoms with Gasteiger partial charge in [-0.1, -0.05) is 12.1 Å². The van der Waals surface area contributed by atoms with Crippen molar-refractivity contribution < 1.29 is 27.4 Å². The fourth-order valence-corrected chi connectivity index (χ4v) is 4.09. The largest absolute Gasteiger partial charge is 0.416 e. The zero-order valence-electron chi connectivity index (χ0n) is 18.0. The van der Waals surface area contributed by atoms with Crippen LogP contribution >= 0.6 is 0 Å². The number of aryl methyl sites for hydroxylation is 1. The van der Waals surface area contributed by atoms with Crippen molar-refractivity contribution in [2.45, 2.75) is 32.4 Å². The van der Waals surface area contributed by atoms with Gasteiger partial charge in [-0.3, -0.25) is 9.79 Å². The Hall–Kier alpha value is -3.24. The average molecular weight is 460 g/mol. The number of aliphatic imine (C=N–C) groups is 1. The van der Waals surface area contributed by atoms with Gasteiger partial charge >= 0.3 is 6.18 Å². The molecule has 7 nitrogen and oxygen atoms in total. The Bertz CT molecular complexity index is 1110. The summed E-state index contributed by atoms with van der Waals surface area (Å²) in [6, 6.07) is 4.18. The van der Waals surface area contributed by atoms with Crippen LogP contribution in [-0.2, 0) is 33.7 Å². The van der Waals surface area contributed by atoms with Gasteiger partial charge in [-0.15, -0.1) is 0 Å². The van der Waals surface area contributed by atoms with Crippen molar-refractivity contribution in [3.8, 4) is 0 Å². The molecule has 1 aromatic carbocycles. The number of alkyl halides is 3. The topological polar surface area (TPSA) is 90.0 Å². The number of hydrogen-bond donors (Lipinski definition) is 1. The highest BCUT2D eigenvalue weighted by atomic mass is 19.4. The van der Waals surface area contributed by atoms with Gasteiger partial charge in [0.25, 0.3) is 5.91 Å². The zero-order valence-corrected chi connectivity index (χ0v) is 18.0. The van der Waals surface area contributed by atoms with Gasteiger partial charge in [0.15, 0.2) is 0 Å². The predicted molar refractivity (Wildman–Crippen MR) is 116 cm³/mol. The maximum Gasteiger partial charge on any atom is 0.416 e. The lowest BCUT2D eigenvalue weighted by atomic mass is 10.0. The number of nitrogens with zero attached hydrogens (tertiary/aromatic N) is 3. The Balaban J connectivity index is 1.66. The summed E-state index contributed by atoms with van der Waals surface area (Å²) in [7, 11) is 0. The number of pyridine rings is 1. The molecule has 2 aliphatic rings. The first kappa shape index (κ1) is 22.9. The fourth-order valence-electron chi connectivity index (χ4n) is 4.09. The summed E-state index contributed by atoms with van der Waals surface area (Å²) in [4.78, 5) is 23.3. The van der Waals surface area contributed by atoms with Gasteiger partial charge in [0, 0.05) is 23.4 Å². The molecule has 174 valence electrons. The number of nitrogen functional groups attached to an aromatic ring is 1. The molecule has 0 saturated carbocycles. The Morgan fingerprint density at radius 1 is 1.24 bits per heavy atom. The van der Waals surface area contributed by atoms with Gasteiger partial charge in [0.2, 0.25) is 0 Å². The van der Waals surface area contributed by atoms with Crippen molar-refractivity contribution in [1.29, 1.82) is 0 Å². The number of rotatable bonds is 4. The third kappa shape index (κ3) is 4.49. The number of nitrogens with two attached hydrogens (primary N) is 1. The Morgan fingerprint density at radius 2 is 1.94 bits per heavy atom. The Kier molecular flexibility index (Phi) is 6.22. The fraction of sp³-hybridized carbons (Fsp3) is 0.348. The molecule has 0 bridgehead atoms. The minimum atomic E-state index is -4.44. The number of hydrogen-bond acceptors (Lipinski definition) is 6. The molecule has 1 saturated heterocycles. The third-order valence-corrected chi connectivity index (χ3v) is 5.85. The molecule has 0 unspecified atom stereocenters. The van der Waals surface area contributed by atoms with E-state index in [1.54, 1.807) is 17.9 Å². The minimum Gasteiger partial charge on any atom is -0.383 e. The molecular formula is C23H23F3N4O3. The van der Waals surface area contributed by atoms with Crippen LogP contribution in [0.5, 0.6) is 0 Å². The van der Waals surface area contributed by atoms with Crippen LogP contribution in [0.2, 0.25) is 0 Å². The number of fused-ring (bicyclic) bond motifs is 1. The van der Waals surface area contributed by atoms with Crippen LogP contribution in [0.1, 0.15) is 39.6 Å². The van der Waals surface area contributed by atoms with E-state index in [4.69, 9.17) is 15.2 Å². The van der Waals surface area contributed by atoms with Crippen LogP contribution in [0.3, 0.4) is 0 Å². The Morgan fingerprint density at radius 3 is 2.61 bits per heavy atom. The van der Waals surface area contributed by atoms with Crippen LogP contribution in [0.25, 0.3) is 6.08 Å². The van der Waals surface area contributed by atoms with E-state index in [0.717, 1.165) is 23.3 Å². The number of anilines is 1. The van der Waals surface area contributed by atoms with Crippen molar-refractivity contribution in [3.63, 3.8) is 0 Å². The highest BCUT2D eigenvalue weighted by molar-refractivity contribution is 5.99. The molecule has 0 radical (unpaired) electrons. The lowest BCUT2D eigenvalue weighted by Gasteiger charge is -2.36. The number of aromatic nitrogens is 1. The Labute approximate surface area is 188 Å². The SMILES string of the molecule is C=N/C(=C\c1c(C)nc(N)c2c1COC2)C(=O)N1CCOC[C@@H]1c1ccc(C(F)(F)F)cc1. The monoisotopic (exact) mass is 460 g/mol. The second-order valence-corrected chi connectivity index (χ2v) is 7.84. The summed E-state index contributed by atoms with van der Waals surface area (Å²) < 4.78 is 49.8. The van der Waals surface area contributed by atoms with Crippen molar-refractivity contribution in [2.75, 3.05) is 25.5 Å². The summed E-state index contributed by atoms with van der Waals surface area (Å²) in [5.41, 5.74) is 8.85. The first-order chi connectivity index (χ1) is 15.7. The van der Waals surface area contributed by atoms with Gasteiger partial charge in [0.05, 0.1) is 38.0 Å². The number of ether oxygens (including phenoxy) is 2. The molecule has 33 heavy (non-hydrogen) atoms. The third-order valence-electron chi connectivity index (χ3n) is 5.85. The lowest BCUT2D eigenvalue weighted by Crippen LogP contribution is -2.43. The van der Waals surface area contributed by atoms with E-state index in [-0.39, 0.29) is 18.8 Å². The van der Waals surface area contributed by atoms with Crippen LogP contribution < -0.4 is 5.73 Å². The van der Waals surface area contributed by atoms with Gasteiger partial charge in [-0.25, -0.2) is 4.98 Å². The van der Waals surface area contributed by atoms with Gasteiger partial charge in [-0.2, -0.15) is 13.2 Å². The molecule has 1 atom stereocenters. The molecule has 2 aliphatic heterocycles. The van der Waals surface area contributed by atoms with Crippen molar-refractivity contribution in [1.82, 2.24) is 9.88 Å². The average Bonchev–Trinajstić information content (AvgIpc) is 3.29. The predicted octanol–water partition coefficient (Wildman–Crippen LogP) is 3.66. The normalized spacial score (nSPS) is 18.8. The molecule has 0 spiro atoms. The number of benzene rings is 1. The van der Waals surface area contributed by atoms with Gasteiger partial charge in [-0.05, 0) is 43.0 Å². The number of amides is 1. The number of halogens is 3. The summed E-state index contributed by atoms with van der Waals surface area (Å²) in [6.45, 7) is 6.75. The number of carbonyl (C=O) groups excluding carboxylic acids is 1. The minimum absolute atomic E-state index is 0.0950. The molecule has 1 amide bonds. The highest BCUT2D eigenvalue weighted by Crippen LogP contribution is 2.34. The summed E-state index contributed by atoms with van der Waals surface area (Å²) in [5.74, 6) is -0.00535.